The number of rotatable bonds is 3. The Hall–Kier alpha value is -2.08. The summed E-state index contributed by atoms with van der Waals surface area (Å²) in [5.41, 5.74) is -0.0796. The topological polar surface area (TPSA) is 77.1 Å². The van der Waals surface area contributed by atoms with Crippen LogP contribution in [0.2, 0.25) is 5.02 Å². The number of carboxylic acid groups (broad SMARTS) is 1. The number of aromatic carboxylic acids is 1. The van der Waals surface area contributed by atoms with E-state index < -0.39 is 11.7 Å². The molecule has 1 heterocycles. The zero-order valence-corrected chi connectivity index (χ0v) is 10.5. The number of hydrogen-bond acceptors (Lipinski definition) is 3. The van der Waals surface area contributed by atoms with E-state index in [-0.39, 0.29) is 11.9 Å². The number of carbonyl (C=O) groups is 1. The molecule has 0 saturated heterocycles. The standard InChI is InChI=1S/C12H10ClN3O3/c13-8-3-1-2-4-9(8)16-12(19)15(7-5-6-7)10(14-16)11(17)18/h1-4,7H,5-6H2,(H,17,18). The van der Waals surface area contributed by atoms with Crippen LogP contribution in [0.15, 0.2) is 29.1 Å². The Bertz CT molecular complexity index is 715. The third-order valence-electron chi connectivity index (χ3n) is 2.99. The molecule has 1 saturated carbocycles. The van der Waals surface area contributed by atoms with Crippen molar-refractivity contribution in [1.29, 1.82) is 0 Å². The van der Waals surface area contributed by atoms with E-state index in [0.717, 1.165) is 17.5 Å². The van der Waals surface area contributed by atoms with Gasteiger partial charge in [0.2, 0.25) is 5.82 Å². The maximum atomic E-state index is 12.3. The van der Waals surface area contributed by atoms with Gasteiger partial charge in [-0.2, -0.15) is 4.68 Å². The van der Waals surface area contributed by atoms with Gasteiger partial charge in [0.25, 0.3) is 0 Å². The second-order valence-corrected chi connectivity index (χ2v) is 4.78. The maximum absolute atomic E-state index is 12.3. The van der Waals surface area contributed by atoms with Gasteiger partial charge in [-0.15, -0.1) is 5.10 Å². The van der Waals surface area contributed by atoms with Crippen molar-refractivity contribution in [3.8, 4) is 5.69 Å². The van der Waals surface area contributed by atoms with E-state index in [9.17, 15) is 9.59 Å². The summed E-state index contributed by atoms with van der Waals surface area (Å²) in [6.07, 6.45) is 1.60. The maximum Gasteiger partial charge on any atom is 0.374 e. The molecule has 0 aliphatic heterocycles. The van der Waals surface area contributed by atoms with Crippen molar-refractivity contribution in [3.63, 3.8) is 0 Å². The van der Waals surface area contributed by atoms with E-state index in [0.29, 0.717) is 10.7 Å². The van der Waals surface area contributed by atoms with Gasteiger partial charge in [-0.25, -0.2) is 9.59 Å². The van der Waals surface area contributed by atoms with Gasteiger partial charge in [-0.1, -0.05) is 23.7 Å². The molecule has 0 radical (unpaired) electrons. The molecule has 2 aromatic rings. The average Bonchev–Trinajstić information content (AvgIpc) is 3.14. The van der Waals surface area contributed by atoms with Crippen molar-refractivity contribution in [2.24, 2.45) is 0 Å². The van der Waals surface area contributed by atoms with Crippen LogP contribution in [0.25, 0.3) is 5.69 Å². The van der Waals surface area contributed by atoms with Crippen LogP contribution in [0.5, 0.6) is 0 Å². The van der Waals surface area contributed by atoms with Gasteiger partial charge >= 0.3 is 11.7 Å². The number of para-hydroxylation sites is 1. The normalized spacial score (nSPS) is 14.6. The molecule has 19 heavy (non-hydrogen) atoms. The van der Waals surface area contributed by atoms with Crippen LogP contribution < -0.4 is 5.69 Å². The molecule has 0 amide bonds. The molecule has 0 atom stereocenters. The number of aromatic nitrogens is 3. The number of nitrogens with zero attached hydrogens (tertiary/aromatic N) is 3. The minimum Gasteiger partial charge on any atom is -0.475 e. The minimum atomic E-state index is -1.21. The molecule has 0 spiro atoms. The first-order chi connectivity index (χ1) is 9.09. The summed E-state index contributed by atoms with van der Waals surface area (Å²) in [5.74, 6) is -1.46. The summed E-state index contributed by atoms with van der Waals surface area (Å²) in [6, 6.07) is 6.63. The van der Waals surface area contributed by atoms with E-state index in [2.05, 4.69) is 5.10 Å². The van der Waals surface area contributed by atoms with Crippen LogP contribution in [-0.2, 0) is 0 Å². The molecule has 1 aromatic heterocycles. The second-order valence-electron chi connectivity index (χ2n) is 4.38. The van der Waals surface area contributed by atoms with Crippen molar-refractivity contribution >= 4 is 17.6 Å². The summed E-state index contributed by atoms with van der Waals surface area (Å²) in [4.78, 5) is 23.4. The first-order valence-corrected chi connectivity index (χ1v) is 6.17. The molecule has 6 nitrogen and oxygen atoms in total. The Morgan fingerprint density at radius 2 is 2.05 bits per heavy atom. The second kappa shape index (κ2) is 4.24. The van der Waals surface area contributed by atoms with Crippen molar-refractivity contribution < 1.29 is 9.90 Å². The molecular formula is C12H10ClN3O3. The predicted octanol–water partition coefficient (Wildman–Crippen LogP) is 1.72. The van der Waals surface area contributed by atoms with E-state index in [1.54, 1.807) is 24.3 Å². The number of benzene rings is 1. The number of carboxylic acids is 1. The molecule has 1 aliphatic carbocycles. The Morgan fingerprint density at radius 1 is 1.37 bits per heavy atom. The summed E-state index contributed by atoms with van der Waals surface area (Å²) < 4.78 is 2.27. The first-order valence-electron chi connectivity index (χ1n) is 5.79. The van der Waals surface area contributed by atoms with Crippen LogP contribution in [0, 0.1) is 0 Å². The van der Waals surface area contributed by atoms with Crippen LogP contribution in [0.1, 0.15) is 29.5 Å². The Balaban J connectivity index is 2.24. The highest BCUT2D eigenvalue weighted by Gasteiger charge is 2.32. The third kappa shape index (κ3) is 1.94. The van der Waals surface area contributed by atoms with Gasteiger partial charge in [-0.3, -0.25) is 4.57 Å². The molecule has 1 fully saturated rings. The van der Waals surface area contributed by atoms with E-state index in [1.807, 2.05) is 0 Å². The Kier molecular flexibility index (Phi) is 2.67. The zero-order valence-electron chi connectivity index (χ0n) is 9.78. The SMILES string of the molecule is O=C(O)c1nn(-c2ccccc2Cl)c(=O)n1C1CC1. The Labute approximate surface area is 112 Å². The van der Waals surface area contributed by atoms with E-state index >= 15 is 0 Å². The number of hydrogen-bond donors (Lipinski definition) is 1. The highest BCUT2D eigenvalue weighted by molar-refractivity contribution is 6.32. The highest BCUT2D eigenvalue weighted by Crippen LogP contribution is 2.34. The highest BCUT2D eigenvalue weighted by atomic mass is 35.5. The molecule has 1 aromatic carbocycles. The van der Waals surface area contributed by atoms with Gasteiger partial charge < -0.3 is 5.11 Å². The zero-order chi connectivity index (χ0) is 13.6. The van der Waals surface area contributed by atoms with Crippen molar-refractivity contribution in [1.82, 2.24) is 14.3 Å². The summed E-state index contributed by atoms with van der Waals surface area (Å²) >= 11 is 6.01. The van der Waals surface area contributed by atoms with Crippen LogP contribution in [-0.4, -0.2) is 25.4 Å². The van der Waals surface area contributed by atoms with Crippen molar-refractivity contribution in [2.75, 3.05) is 0 Å². The lowest BCUT2D eigenvalue weighted by atomic mass is 10.3. The first kappa shape index (κ1) is 12.0. The largest absolute Gasteiger partial charge is 0.475 e. The van der Waals surface area contributed by atoms with Crippen LogP contribution in [0.3, 0.4) is 0 Å². The van der Waals surface area contributed by atoms with Crippen molar-refractivity contribution in [3.05, 3.63) is 45.6 Å². The molecular weight excluding hydrogens is 270 g/mol. The lowest BCUT2D eigenvalue weighted by Crippen LogP contribution is -2.24. The Morgan fingerprint density at radius 3 is 2.63 bits per heavy atom. The quantitative estimate of drug-likeness (QED) is 0.928. The van der Waals surface area contributed by atoms with E-state index in [1.165, 1.54) is 4.57 Å². The summed E-state index contributed by atoms with van der Waals surface area (Å²) in [7, 11) is 0. The van der Waals surface area contributed by atoms with Gasteiger partial charge in [0, 0.05) is 6.04 Å². The molecule has 0 unspecified atom stereocenters. The monoisotopic (exact) mass is 279 g/mol. The van der Waals surface area contributed by atoms with Crippen LogP contribution in [0.4, 0.5) is 0 Å². The van der Waals surface area contributed by atoms with Crippen molar-refractivity contribution in [2.45, 2.75) is 18.9 Å². The summed E-state index contributed by atoms with van der Waals surface area (Å²) in [6.45, 7) is 0. The van der Waals surface area contributed by atoms with E-state index in [4.69, 9.17) is 16.7 Å². The lowest BCUT2D eigenvalue weighted by molar-refractivity contribution is 0.0676. The summed E-state index contributed by atoms with van der Waals surface area (Å²) in [5, 5.41) is 13.4. The number of halogens is 1. The molecule has 3 rings (SSSR count). The van der Waals surface area contributed by atoms with Crippen LogP contribution >= 0.6 is 11.6 Å². The smallest absolute Gasteiger partial charge is 0.374 e. The van der Waals surface area contributed by atoms with Gasteiger partial charge in [0.15, 0.2) is 0 Å². The van der Waals surface area contributed by atoms with Gasteiger partial charge in [-0.05, 0) is 25.0 Å². The van der Waals surface area contributed by atoms with Gasteiger partial charge in [0.05, 0.1) is 10.7 Å². The fourth-order valence-corrected chi connectivity index (χ4v) is 2.18. The molecule has 0 bridgehead atoms. The molecule has 1 aliphatic rings. The third-order valence-corrected chi connectivity index (χ3v) is 3.31. The van der Waals surface area contributed by atoms with Gasteiger partial charge in [0.1, 0.15) is 0 Å². The molecule has 7 heteroatoms. The predicted molar refractivity (Wildman–Crippen MR) is 68.1 cm³/mol. The fourth-order valence-electron chi connectivity index (χ4n) is 1.97. The fraction of sp³-hybridized carbons (Fsp3) is 0.250. The minimum absolute atomic E-state index is 0.0603. The molecule has 1 N–H and O–H groups in total. The average molecular weight is 280 g/mol. The molecule has 98 valence electrons. The lowest BCUT2D eigenvalue weighted by Gasteiger charge is -2.01.